The molecule has 0 bridgehead atoms. The lowest BCUT2D eigenvalue weighted by atomic mass is 9.59. The molecule has 2 fully saturated rings. The summed E-state index contributed by atoms with van der Waals surface area (Å²) in [4.78, 5) is 12.6. The van der Waals surface area contributed by atoms with Crippen LogP contribution < -0.4 is 0 Å². The minimum Gasteiger partial charge on any atom is -0.299 e. The summed E-state index contributed by atoms with van der Waals surface area (Å²) in [6.45, 7) is 9.07. The minimum atomic E-state index is -0.00792. The van der Waals surface area contributed by atoms with Crippen LogP contribution in [0.4, 0.5) is 0 Å². The van der Waals surface area contributed by atoms with E-state index in [1.807, 2.05) is 0 Å². The summed E-state index contributed by atoms with van der Waals surface area (Å²) in [6, 6.07) is 0. The predicted octanol–water partition coefficient (Wildman–Crippen LogP) is 4.21. The molecule has 1 heteroatoms. The van der Waals surface area contributed by atoms with Crippen LogP contribution in [0, 0.1) is 22.7 Å². The van der Waals surface area contributed by atoms with Gasteiger partial charge >= 0.3 is 0 Å². The maximum atomic E-state index is 12.6. The van der Waals surface area contributed by atoms with E-state index in [2.05, 4.69) is 27.7 Å². The van der Waals surface area contributed by atoms with Crippen molar-refractivity contribution in [1.29, 1.82) is 0 Å². The summed E-state index contributed by atoms with van der Waals surface area (Å²) in [7, 11) is 0. The first-order valence-corrected chi connectivity index (χ1v) is 6.89. The van der Waals surface area contributed by atoms with Crippen LogP contribution in [0.2, 0.25) is 0 Å². The second-order valence-corrected chi connectivity index (χ2v) is 7.11. The van der Waals surface area contributed by atoms with Gasteiger partial charge in [-0.05, 0) is 42.9 Å². The van der Waals surface area contributed by atoms with Crippen molar-refractivity contribution >= 4 is 5.78 Å². The van der Waals surface area contributed by atoms with Crippen molar-refractivity contribution in [3.63, 3.8) is 0 Å². The van der Waals surface area contributed by atoms with Crippen LogP contribution in [0.15, 0.2) is 0 Å². The lowest BCUT2D eigenvalue weighted by Crippen LogP contribution is -2.43. The highest BCUT2D eigenvalue weighted by Gasteiger charge is 2.49. The van der Waals surface area contributed by atoms with Crippen molar-refractivity contribution in [2.75, 3.05) is 0 Å². The smallest absolute Gasteiger partial charge is 0.139 e. The van der Waals surface area contributed by atoms with Gasteiger partial charge in [-0.15, -0.1) is 0 Å². The van der Waals surface area contributed by atoms with Gasteiger partial charge in [-0.1, -0.05) is 34.1 Å². The molecule has 0 radical (unpaired) electrons. The van der Waals surface area contributed by atoms with Crippen LogP contribution in [-0.4, -0.2) is 5.78 Å². The number of rotatable bonds is 0. The molecule has 0 unspecified atom stereocenters. The number of ketones is 1. The Bertz CT molecular complexity index is 292. The molecule has 0 heterocycles. The molecule has 0 aromatic heterocycles. The van der Waals surface area contributed by atoms with Gasteiger partial charge in [-0.3, -0.25) is 4.79 Å². The average Bonchev–Trinajstić information content (AvgIpc) is 2.27. The lowest BCUT2D eigenvalue weighted by Gasteiger charge is -2.44. The Morgan fingerprint density at radius 2 is 1.81 bits per heavy atom. The molecular weight excluding hydrogens is 196 g/mol. The van der Waals surface area contributed by atoms with E-state index in [4.69, 9.17) is 0 Å². The van der Waals surface area contributed by atoms with Crippen molar-refractivity contribution in [1.82, 2.24) is 0 Å². The molecule has 1 nitrogen and oxygen atoms in total. The normalized spacial score (nSPS) is 43.6. The lowest BCUT2D eigenvalue weighted by molar-refractivity contribution is -0.137. The van der Waals surface area contributed by atoms with Crippen LogP contribution in [-0.2, 0) is 4.79 Å². The zero-order valence-corrected chi connectivity index (χ0v) is 11.3. The molecule has 16 heavy (non-hydrogen) atoms. The van der Waals surface area contributed by atoms with E-state index in [1.165, 1.54) is 32.1 Å². The van der Waals surface area contributed by atoms with E-state index in [-0.39, 0.29) is 10.8 Å². The van der Waals surface area contributed by atoms with Gasteiger partial charge in [0.05, 0.1) is 0 Å². The Morgan fingerprint density at radius 3 is 2.50 bits per heavy atom. The summed E-state index contributed by atoms with van der Waals surface area (Å²) in [5, 5.41) is 0. The van der Waals surface area contributed by atoms with Gasteiger partial charge in [-0.25, -0.2) is 0 Å². The van der Waals surface area contributed by atoms with Gasteiger partial charge in [-0.2, -0.15) is 0 Å². The van der Waals surface area contributed by atoms with Crippen LogP contribution in [0.25, 0.3) is 0 Å². The van der Waals surface area contributed by atoms with Crippen molar-refractivity contribution in [2.24, 2.45) is 22.7 Å². The highest BCUT2D eigenvalue weighted by molar-refractivity contribution is 5.86. The molecule has 0 amide bonds. The Hall–Kier alpha value is -0.330. The molecule has 2 aliphatic rings. The quantitative estimate of drug-likeness (QED) is 0.600. The Labute approximate surface area is 100.0 Å². The summed E-state index contributed by atoms with van der Waals surface area (Å²) >= 11 is 0. The monoisotopic (exact) mass is 222 g/mol. The first-order valence-electron chi connectivity index (χ1n) is 6.89. The Kier molecular flexibility index (Phi) is 2.92. The fourth-order valence-electron chi connectivity index (χ4n) is 3.90. The second-order valence-electron chi connectivity index (χ2n) is 7.11. The first kappa shape index (κ1) is 12.1. The Balaban J connectivity index is 2.32. The van der Waals surface area contributed by atoms with Crippen LogP contribution in [0.3, 0.4) is 0 Å². The van der Waals surface area contributed by atoms with Gasteiger partial charge in [0.2, 0.25) is 0 Å². The van der Waals surface area contributed by atoms with Crippen LogP contribution in [0.5, 0.6) is 0 Å². The standard InChI is InChI=1S/C15H26O/c1-11-6-5-7-12-8-9-14(2,3)10-13(16)15(11,12)4/h11-12H,5-10H2,1-4H3/t11-,12-,15-/m1/s1. The molecule has 3 atom stereocenters. The third-order valence-corrected chi connectivity index (χ3v) is 5.47. The molecule has 0 spiro atoms. The van der Waals surface area contributed by atoms with E-state index < -0.39 is 0 Å². The number of carbonyl (C=O) groups is 1. The molecule has 0 N–H and O–H groups in total. The molecule has 0 saturated heterocycles. The molecule has 0 aliphatic heterocycles. The fraction of sp³-hybridized carbons (Fsp3) is 0.933. The molecule has 0 aromatic carbocycles. The van der Waals surface area contributed by atoms with Crippen molar-refractivity contribution in [2.45, 2.75) is 66.2 Å². The van der Waals surface area contributed by atoms with E-state index in [9.17, 15) is 4.79 Å². The molecular formula is C15H26O. The minimum absolute atomic E-state index is 0.00792. The van der Waals surface area contributed by atoms with Crippen molar-refractivity contribution < 1.29 is 4.79 Å². The second kappa shape index (κ2) is 3.85. The number of carbonyl (C=O) groups excluding carboxylic acids is 1. The maximum Gasteiger partial charge on any atom is 0.139 e. The van der Waals surface area contributed by atoms with Crippen LogP contribution in [0.1, 0.15) is 66.2 Å². The average molecular weight is 222 g/mol. The number of hydrogen-bond donors (Lipinski definition) is 0. The number of fused-ring (bicyclic) bond motifs is 1. The van der Waals surface area contributed by atoms with E-state index in [0.29, 0.717) is 17.6 Å². The highest BCUT2D eigenvalue weighted by atomic mass is 16.1. The van der Waals surface area contributed by atoms with Gasteiger partial charge in [0, 0.05) is 11.8 Å². The summed E-state index contributed by atoms with van der Waals surface area (Å²) in [5.74, 6) is 1.80. The van der Waals surface area contributed by atoms with Gasteiger partial charge in [0.15, 0.2) is 0 Å². The van der Waals surface area contributed by atoms with Crippen LogP contribution >= 0.6 is 0 Å². The zero-order valence-electron chi connectivity index (χ0n) is 11.3. The van der Waals surface area contributed by atoms with E-state index in [0.717, 1.165) is 6.42 Å². The SMILES string of the molecule is C[C@@H]1CCC[C@@H]2CCC(C)(C)CC(=O)[C@@]21C. The summed E-state index contributed by atoms with van der Waals surface area (Å²) < 4.78 is 0. The predicted molar refractivity (Wildman–Crippen MR) is 67.3 cm³/mol. The van der Waals surface area contributed by atoms with Gasteiger partial charge in [0.25, 0.3) is 0 Å². The third-order valence-electron chi connectivity index (χ3n) is 5.47. The molecule has 2 aliphatic carbocycles. The van der Waals surface area contributed by atoms with E-state index in [1.54, 1.807) is 0 Å². The van der Waals surface area contributed by atoms with Crippen molar-refractivity contribution in [3.8, 4) is 0 Å². The topological polar surface area (TPSA) is 17.1 Å². The van der Waals surface area contributed by atoms with Gasteiger partial charge < -0.3 is 0 Å². The maximum absolute atomic E-state index is 12.6. The van der Waals surface area contributed by atoms with E-state index >= 15 is 0 Å². The van der Waals surface area contributed by atoms with Gasteiger partial charge in [0.1, 0.15) is 5.78 Å². The largest absolute Gasteiger partial charge is 0.299 e. The number of Topliss-reactive ketones (excluding diaryl/α,β-unsaturated/α-hetero) is 1. The third kappa shape index (κ3) is 1.83. The zero-order chi connectivity index (χ0) is 12.0. The molecule has 2 saturated carbocycles. The molecule has 92 valence electrons. The summed E-state index contributed by atoms with van der Waals surface area (Å²) in [6.07, 6.45) is 7.15. The first-order chi connectivity index (χ1) is 7.36. The Morgan fingerprint density at radius 1 is 1.12 bits per heavy atom. The summed E-state index contributed by atoms with van der Waals surface area (Å²) in [5.41, 5.74) is 0.225. The number of hydrogen-bond acceptors (Lipinski definition) is 1. The van der Waals surface area contributed by atoms with Crippen molar-refractivity contribution in [3.05, 3.63) is 0 Å². The molecule has 0 aromatic rings. The fourth-order valence-corrected chi connectivity index (χ4v) is 3.90. The molecule has 2 rings (SSSR count). The highest BCUT2D eigenvalue weighted by Crippen LogP contribution is 2.53.